The van der Waals surface area contributed by atoms with E-state index in [0.29, 0.717) is 42.4 Å². The van der Waals surface area contributed by atoms with Crippen LogP contribution in [0.4, 0.5) is 5.69 Å². The normalized spacial score (nSPS) is 10.9. The highest BCUT2D eigenvalue weighted by atomic mass is 16.5. The predicted octanol–water partition coefficient (Wildman–Crippen LogP) is 6.60. The number of hydrogen-bond donors (Lipinski definition) is 2. The Morgan fingerprint density at radius 3 is 2.46 bits per heavy atom. The first-order valence-electron chi connectivity index (χ1n) is 12.8. The lowest BCUT2D eigenvalue weighted by atomic mass is 10.1. The van der Waals surface area contributed by atoms with E-state index in [0.717, 1.165) is 45.2 Å². The summed E-state index contributed by atoms with van der Waals surface area (Å²) >= 11 is 0. The van der Waals surface area contributed by atoms with Crippen LogP contribution in [0.5, 0.6) is 23.0 Å². The molecule has 8 heteroatoms. The molecule has 8 nitrogen and oxygen atoms in total. The van der Waals surface area contributed by atoms with Crippen LogP contribution in [0.2, 0.25) is 0 Å². The Bertz CT molecular complexity index is 1590. The highest BCUT2D eigenvalue weighted by molar-refractivity contribution is 5.96. The Morgan fingerprint density at radius 1 is 0.897 bits per heavy atom. The number of nitrogens with zero attached hydrogens (tertiary/aromatic N) is 1. The molecule has 3 aromatic carbocycles. The molecule has 0 aliphatic rings. The summed E-state index contributed by atoms with van der Waals surface area (Å²) in [6, 6.07) is 21.6. The van der Waals surface area contributed by atoms with Gasteiger partial charge in [0.25, 0.3) is 0 Å². The predicted molar refractivity (Wildman–Crippen MR) is 153 cm³/mol. The van der Waals surface area contributed by atoms with Gasteiger partial charge < -0.3 is 29.2 Å². The van der Waals surface area contributed by atoms with Gasteiger partial charge in [0.2, 0.25) is 11.7 Å². The summed E-state index contributed by atoms with van der Waals surface area (Å²) in [4.78, 5) is 20.6. The van der Waals surface area contributed by atoms with E-state index < -0.39 is 0 Å². The van der Waals surface area contributed by atoms with Gasteiger partial charge >= 0.3 is 0 Å². The largest absolute Gasteiger partial charge is 0.494 e. The van der Waals surface area contributed by atoms with E-state index in [2.05, 4.69) is 28.5 Å². The van der Waals surface area contributed by atoms with Crippen LogP contribution in [-0.2, 0) is 4.79 Å². The van der Waals surface area contributed by atoms with Gasteiger partial charge in [0.05, 0.1) is 39.1 Å². The summed E-state index contributed by atoms with van der Waals surface area (Å²) in [5.74, 6) is 2.15. The quantitative estimate of drug-likeness (QED) is 0.189. The number of amides is 1. The molecule has 0 unspecified atom stereocenters. The average molecular weight is 526 g/mol. The van der Waals surface area contributed by atoms with Crippen molar-refractivity contribution in [3.63, 3.8) is 0 Å². The number of carbonyl (C=O) groups excluding carboxylic acids is 1. The van der Waals surface area contributed by atoms with E-state index in [1.807, 2.05) is 42.6 Å². The molecule has 0 spiro atoms. The highest BCUT2D eigenvalue weighted by Crippen LogP contribution is 2.40. The minimum atomic E-state index is -0.0907. The number of carbonyl (C=O) groups is 1. The zero-order valence-electron chi connectivity index (χ0n) is 22.2. The molecule has 5 aromatic rings. The fraction of sp³-hybridized carbons (Fsp3) is 0.226. The van der Waals surface area contributed by atoms with Crippen LogP contribution in [0.25, 0.3) is 33.1 Å². The number of H-pyrrole nitrogens is 1. The number of aromatic amines is 1. The molecular weight excluding hydrogens is 494 g/mol. The Kier molecular flexibility index (Phi) is 7.82. The van der Waals surface area contributed by atoms with E-state index in [4.69, 9.17) is 23.9 Å². The zero-order chi connectivity index (χ0) is 27.2. The number of hydrogen-bond acceptors (Lipinski definition) is 6. The molecule has 0 bridgehead atoms. The van der Waals surface area contributed by atoms with Crippen LogP contribution in [0.1, 0.15) is 19.3 Å². The minimum absolute atomic E-state index is 0.0907. The Balaban J connectivity index is 1.12. The molecule has 0 aliphatic carbocycles. The van der Waals surface area contributed by atoms with Gasteiger partial charge in [-0.15, -0.1) is 0 Å². The number of benzene rings is 3. The van der Waals surface area contributed by atoms with Crippen LogP contribution in [0, 0.1) is 0 Å². The van der Waals surface area contributed by atoms with Crippen molar-refractivity contribution in [2.24, 2.45) is 0 Å². The molecule has 5 rings (SSSR count). The van der Waals surface area contributed by atoms with Gasteiger partial charge in [-0.05, 0) is 43.2 Å². The molecule has 0 radical (unpaired) electrons. The van der Waals surface area contributed by atoms with Crippen LogP contribution in [0.3, 0.4) is 0 Å². The number of anilines is 1. The van der Waals surface area contributed by atoms with E-state index in [9.17, 15) is 4.79 Å². The van der Waals surface area contributed by atoms with Gasteiger partial charge in [-0.25, -0.2) is 4.98 Å². The SMILES string of the molecule is COc1cc(NC(=O)CCCCOc2ccc3nc(-c4c[nH]c5ccccc45)ccc3c2)cc(OC)c1OC. The fourth-order valence-corrected chi connectivity index (χ4v) is 4.58. The third-order valence-electron chi connectivity index (χ3n) is 6.54. The second-order valence-corrected chi connectivity index (χ2v) is 9.07. The van der Waals surface area contributed by atoms with Gasteiger partial charge in [-0.2, -0.15) is 0 Å². The fourth-order valence-electron chi connectivity index (χ4n) is 4.58. The number of fused-ring (bicyclic) bond motifs is 2. The lowest BCUT2D eigenvalue weighted by Gasteiger charge is -2.14. The molecule has 0 saturated heterocycles. The van der Waals surface area contributed by atoms with Gasteiger partial charge in [0.15, 0.2) is 11.5 Å². The minimum Gasteiger partial charge on any atom is -0.494 e. The molecule has 0 fully saturated rings. The van der Waals surface area contributed by atoms with Gasteiger partial charge in [0.1, 0.15) is 5.75 Å². The molecule has 0 saturated carbocycles. The van der Waals surface area contributed by atoms with Crippen LogP contribution in [-0.4, -0.2) is 43.8 Å². The first-order valence-corrected chi connectivity index (χ1v) is 12.8. The molecule has 0 atom stereocenters. The molecule has 0 aliphatic heterocycles. The standard InChI is InChI=1S/C31H31N3O5/c1-36-28-17-21(18-29(37-2)31(28)38-3)33-30(35)10-6-7-15-39-22-12-14-25-20(16-22)11-13-27(34-25)24-19-32-26-9-5-4-8-23(24)26/h4-5,8-9,11-14,16-19,32H,6-7,10,15H2,1-3H3,(H,33,35). The van der Waals surface area contributed by atoms with Crippen molar-refractivity contribution >= 4 is 33.4 Å². The Hall–Kier alpha value is -4.72. The van der Waals surface area contributed by atoms with Gasteiger partial charge in [-0.1, -0.05) is 24.3 Å². The average Bonchev–Trinajstić information content (AvgIpc) is 3.40. The number of para-hydroxylation sites is 1. The summed E-state index contributed by atoms with van der Waals surface area (Å²) < 4.78 is 22.0. The molecule has 2 heterocycles. The summed E-state index contributed by atoms with van der Waals surface area (Å²) in [5, 5.41) is 5.06. The van der Waals surface area contributed by atoms with Crippen molar-refractivity contribution in [2.75, 3.05) is 33.3 Å². The van der Waals surface area contributed by atoms with E-state index >= 15 is 0 Å². The third kappa shape index (κ3) is 5.75. The van der Waals surface area contributed by atoms with E-state index in [-0.39, 0.29) is 5.91 Å². The molecule has 2 aromatic heterocycles. The number of nitrogens with one attached hydrogen (secondary N) is 2. The molecular formula is C31H31N3O5. The summed E-state index contributed by atoms with van der Waals surface area (Å²) in [6.07, 6.45) is 3.82. The lowest BCUT2D eigenvalue weighted by Crippen LogP contribution is -2.12. The summed E-state index contributed by atoms with van der Waals surface area (Å²) in [5.41, 5.74) is 4.61. The summed E-state index contributed by atoms with van der Waals surface area (Å²) in [7, 11) is 4.62. The lowest BCUT2D eigenvalue weighted by molar-refractivity contribution is -0.116. The maximum absolute atomic E-state index is 12.5. The van der Waals surface area contributed by atoms with Crippen molar-refractivity contribution in [3.05, 3.63) is 72.9 Å². The van der Waals surface area contributed by atoms with Crippen LogP contribution >= 0.6 is 0 Å². The third-order valence-corrected chi connectivity index (χ3v) is 6.54. The summed E-state index contributed by atoms with van der Waals surface area (Å²) in [6.45, 7) is 0.518. The monoisotopic (exact) mass is 525 g/mol. The number of methoxy groups -OCH3 is 3. The second-order valence-electron chi connectivity index (χ2n) is 9.07. The molecule has 2 N–H and O–H groups in total. The van der Waals surface area contributed by atoms with Crippen LogP contribution < -0.4 is 24.3 Å². The Labute approximate surface area is 226 Å². The van der Waals surface area contributed by atoms with E-state index in [1.54, 1.807) is 12.1 Å². The molecule has 39 heavy (non-hydrogen) atoms. The van der Waals surface area contributed by atoms with Crippen molar-refractivity contribution in [3.8, 4) is 34.3 Å². The van der Waals surface area contributed by atoms with Crippen molar-refractivity contribution in [2.45, 2.75) is 19.3 Å². The number of aromatic nitrogens is 2. The Morgan fingerprint density at radius 2 is 1.69 bits per heavy atom. The maximum Gasteiger partial charge on any atom is 0.224 e. The number of rotatable bonds is 11. The first-order chi connectivity index (χ1) is 19.1. The second kappa shape index (κ2) is 11.8. The van der Waals surface area contributed by atoms with E-state index in [1.165, 1.54) is 21.3 Å². The van der Waals surface area contributed by atoms with Crippen molar-refractivity contribution in [1.82, 2.24) is 9.97 Å². The molecule has 200 valence electrons. The molecule has 1 amide bonds. The zero-order valence-corrected chi connectivity index (χ0v) is 22.2. The maximum atomic E-state index is 12.5. The first kappa shape index (κ1) is 25.9. The number of unbranched alkanes of at least 4 members (excludes halogenated alkanes) is 1. The number of ether oxygens (including phenoxy) is 4. The van der Waals surface area contributed by atoms with Crippen molar-refractivity contribution < 1.29 is 23.7 Å². The highest BCUT2D eigenvalue weighted by Gasteiger charge is 2.14. The smallest absolute Gasteiger partial charge is 0.224 e. The van der Waals surface area contributed by atoms with Gasteiger partial charge in [0, 0.05) is 52.3 Å². The topological polar surface area (TPSA) is 94.7 Å². The number of pyridine rings is 1. The van der Waals surface area contributed by atoms with Crippen LogP contribution in [0.15, 0.2) is 72.9 Å². The van der Waals surface area contributed by atoms with Gasteiger partial charge in [-0.3, -0.25) is 4.79 Å². The van der Waals surface area contributed by atoms with Crippen molar-refractivity contribution in [1.29, 1.82) is 0 Å².